The van der Waals surface area contributed by atoms with E-state index in [1.165, 1.54) is 31.4 Å². The monoisotopic (exact) mass is 247 g/mol. The number of aryl methyl sites for hydroxylation is 1. The van der Waals surface area contributed by atoms with Gasteiger partial charge in [-0.1, -0.05) is 13.3 Å². The highest BCUT2D eigenvalue weighted by atomic mass is 15.3. The van der Waals surface area contributed by atoms with Crippen LogP contribution in [0.3, 0.4) is 0 Å². The first-order valence-corrected chi connectivity index (χ1v) is 7.58. The van der Waals surface area contributed by atoms with E-state index in [0.29, 0.717) is 6.04 Å². The molecular formula is C15H25N3. The van der Waals surface area contributed by atoms with Gasteiger partial charge in [-0.15, -0.1) is 0 Å². The Kier molecular flexibility index (Phi) is 3.42. The minimum atomic E-state index is 0.521. The summed E-state index contributed by atoms with van der Waals surface area (Å²) in [5.74, 6) is 2.81. The lowest BCUT2D eigenvalue weighted by molar-refractivity contribution is 0.243. The fraction of sp³-hybridized carbons (Fsp3) is 0.800. The summed E-state index contributed by atoms with van der Waals surface area (Å²) in [4.78, 5) is 0. The van der Waals surface area contributed by atoms with Crippen LogP contribution in [0.4, 0.5) is 0 Å². The second-order valence-corrected chi connectivity index (χ2v) is 5.95. The van der Waals surface area contributed by atoms with Crippen molar-refractivity contribution in [2.24, 2.45) is 17.8 Å². The fourth-order valence-electron chi connectivity index (χ4n) is 4.27. The van der Waals surface area contributed by atoms with E-state index in [0.717, 1.165) is 30.8 Å². The van der Waals surface area contributed by atoms with Gasteiger partial charge >= 0.3 is 0 Å². The highest BCUT2D eigenvalue weighted by Gasteiger charge is 2.43. The molecule has 0 radical (unpaired) electrons. The number of aromatic nitrogens is 2. The average Bonchev–Trinajstić information content (AvgIpc) is 3.10. The van der Waals surface area contributed by atoms with Crippen molar-refractivity contribution in [2.75, 3.05) is 6.54 Å². The smallest absolute Gasteiger partial charge is 0.0556 e. The van der Waals surface area contributed by atoms with Gasteiger partial charge in [0.2, 0.25) is 0 Å². The molecule has 0 aliphatic heterocycles. The molecule has 0 spiro atoms. The highest BCUT2D eigenvalue weighted by Crippen LogP contribution is 2.52. The lowest BCUT2D eigenvalue weighted by atomic mass is 9.82. The summed E-state index contributed by atoms with van der Waals surface area (Å²) in [5, 5.41) is 8.17. The molecule has 100 valence electrons. The molecule has 2 aliphatic rings. The molecule has 0 amide bonds. The van der Waals surface area contributed by atoms with Crippen LogP contribution < -0.4 is 5.32 Å². The van der Waals surface area contributed by atoms with Gasteiger partial charge in [0.05, 0.1) is 11.7 Å². The van der Waals surface area contributed by atoms with Crippen LogP contribution in [0.25, 0.3) is 0 Å². The molecule has 3 nitrogen and oxygen atoms in total. The molecular weight excluding hydrogens is 222 g/mol. The minimum Gasteiger partial charge on any atom is -0.309 e. The first-order valence-electron chi connectivity index (χ1n) is 7.58. The van der Waals surface area contributed by atoms with Crippen LogP contribution in [0.5, 0.6) is 0 Å². The summed E-state index contributed by atoms with van der Waals surface area (Å²) in [6, 6.07) is 2.73. The van der Waals surface area contributed by atoms with Crippen LogP contribution in [0.2, 0.25) is 0 Å². The van der Waals surface area contributed by atoms with E-state index >= 15 is 0 Å². The Hall–Kier alpha value is -0.830. The molecule has 1 aromatic rings. The van der Waals surface area contributed by atoms with Gasteiger partial charge < -0.3 is 5.32 Å². The molecule has 1 heterocycles. The molecule has 0 saturated heterocycles. The molecule has 3 heteroatoms. The SMILES string of the molecule is CCNC(c1ccnn1CC)C1CC2CCC1C2. The Morgan fingerprint density at radius 3 is 2.89 bits per heavy atom. The zero-order valence-corrected chi connectivity index (χ0v) is 11.6. The Labute approximate surface area is 110 Å². The Bertz CT molecular complexity index is 398. The number of hydrogen-bond donors (Lipinski definition) is 1. The van der Waals surface area contributed by atoms with E-state index in [-0.39, 0.29) is 0 Å². The third-order valence-corrected chi connectivity index (χ3v) is 5.01. The molecule has 1 aromatic heterocycles. The Morgan fingerprint density at radius 2 is 2.28 bits per heavy atom. The molecule has 4 atom stereocenters. The van der Waals surface area contributed by atoms with E-state index in [1.807, 2.05) is 6.20 Å². The van der Waals surface area contributed by atoms with Crippen LogP contribution >= 0.6 is 0 Å². The molecule has 1 N–H and O–H groups in total. The van der Waals surface area contributed by atoms with Gasteiger partial charge in [-0.3, -0.25) is 4.68 Å². The van der Waals surface area contributed by atoms with Crippen LogP contribution in [0, 0.1) is 17.8 Å². The number of fused-ring (bicyclic) bond motifs is 2. The lowest BCUT2D eigenvalue weighted by Gasteiger charge is -2.31. The first-order chi connectivity index (χ1) is 8.83. The quantitative estimate of drug-likeness (QED) is 0.867. The lowest BCUT2D eigenvalue weighted by Crippen LogP contribution is -2.33. The predicted octanol–water partition coefficient (Wildman–Crippen LogP) is 2.99. The molecule has 3 rings (SSSR count). The largest absolute Gasteiger partial charge is 0.309 e. The summed E-state index contributed by atoms with van der Waals surface area (Å²) in [7, 11) is 0. The number of nitrogens with zero attached hydrogens (tertiary/aromatic N) is 2. The minimum absolute atomic E-state index is 0.521. The third-order valence-electron chi connectivity index (χ3n) is 5.01. The van der Waals surface area contributed by atoms with Gasteiger partial charge in [-0.05, 0) is 56.6 Å². The summed E-state index contributed by atoms with van der Waals surface area (Å²) < 4.78 is 2.17. The Morgan fingerprint density at radius 1 is 1.39 bits per heavy atom. The molecule has 2 bridgehead atoms. The molecule has 2 aliphatic carbocycles. The van der Waals surface area contributed by atoms with Gasteiger partial charge in [0, 0.05) is 12.7 Å². The number of nitrogens with one attached hydrogen (secondary N) is 1. The zero-order chi connectivity index (χ0) is 12.5. The normalized spacial score (nSPS) is 32.0. The average molecular weight is 247 g/mol. The maximum Gasteiger partial charge on any atom is 0.0556 e. The summed E-state index contributed by atoms with van der Waals surface area (Å²) in [5.41, 5.74) is 1.40. The molecule has 2 saturated carbocycles. The van der Waals surface area contributed by atoms with Gasteiger partial charge in [-0.2, -0.15) is 5.10 Å². The van der Waals surface area contributed by atoms with Crippen molar-refractivity contribution in [1.82, 2.24) is 15.1 Å². The van der Waals surface area contributed by atoms with Crippen LogP contribution in [-0.2, 0) is 6.54 Å². The summed E-state index contributed by atoms with van der Waals surface area (Å²) in [6.45, 7) is 6.42. The van der Waals surface area contributed by atoms with Crippen molar-refractivity contribution in [3.63, 3.8) is 0 Å². The van der Waals surface area contributed by atoms with Gasteiger partial charge in [0.15, 0.2) is 0 Å². The number of rotatable bonds is 5. The summed E-state index contributed by atoms with van der Waals surface area (Å²) in [6.07, 6.45) is 7.80. The van der Waals surface area contributed by atoms with Crippen LogP contribution in [0.15, 0.2) is 12.3 Å². The van der Waals surface area contributed by atoms with E-state index in [4.69, 9.17) is 0 Å². The molecule has 18 heavy (non-hydrogen) atoms. The van der Waals surface area contributed by atoms with Crippen molar-refractivity contribution >= 4 is 0 Å². The maximum absolute atomic E-state index is 4.45. The zero-order valence-electron chi connectivity index (χ0n) is 11.6. The molecule has 4 unspecified atom stereocenters. The predicted molar refractivity (Wildman–Crippen MR) is 73.3 cm³/mol. The van der Waals surface area contributed by atoms with Crippen molar-refractivity contribution < 1.29 is 0 Å². The van der Waals surface area contributed by atoms with E-state index in [9.17, 15) is 0 Å². The van der Waals surface area contributed by atoms with Crippen molar-refractivity contribution in [3.05, 3.63) is 18.0 Å². The van der Waals surface area contributed by atoms with Crippen molar-refractivity contribution in [1.29, 1.82) is 0 Å². The van der Waals surface area contributed by atoms with E-state index in [2.05, 4.69) is 35.0 Å². The molecule has 2 fully saturated rings. The molecule has 0 aromatic carbocycles. The fourth-order valence-corrected chi connectivity index (χ4v) is 4.27. The maximum atomic E-state index is 4.45. The second kappa shape index (κ2) is 5.04. The Balaban J connectivity index is 1.84. The van der Waals surface area contributed by atoms with E-state index in [1.54, 1.807) is 0 Å². The highest BCUT2D eigenvalue weighted by molar-refractivity contribution is 5.11. The standard InChI is InChI=1S/C15H25N3/c1-3-16-15(14-7-8-17-18(14)4-2)13-10-11-5-6-12(13)9-11/h7-8,11-13,15-16H,3-6,9-10H2,1-2H3. The van der Waals surface area contributed by atoms with Gasteiger partial charge in [0.1, 0.15) is 0 Å². The van der Waals surface area contributed by atoms with Crippen LogP contribution in [-0.4, -0.2) is 16.3 Å². The van der Waals surface area contributed by atoms with Gasteiger partial charge in [-0.25, -0.2) is 0 Å². The second-order valence-electron chi connectivity index (χ2n) is 5.95. The number of hydrogen-bond acceptors (Lipinski definition) is 2. The van der Waals surface area contributed by atoms with E-state index < -0.39 is 0 Å². The van der Waals surface area contributed by atoms with Crippen molar-refractivity contribution in [2.45, 2.75) is 52.1 Å². The van der Waals surface area contributed by atoms with Gasteiger partial charge in [0.25, 0.3) is 0 Å². The van der Waals surface area contributed by atoms with Crippen LogP contribution in [0.1, 0.15) is 51.3 Å². The topological polar surface area (TPSA) is 29.9 Å². The first kappa shape index (κ1) is 12.2. The summed E-state index contributed by atoms with van der Waals surface area (Å²) >= 11 is 0. The third kappa shape index (κ3) is 1.99. The van der Waals surface area contributed by atoms with Crippen molar-refractivity contribution in [3.8, 4) is 0 Å².